The predicted octanol–water partition coefficient (Wildman–Crippen LogP) is -3.45. The Morgan fingerprint density at radius 2 is 1.69 bits per heavy atom. The lowest BCUT2D eigenvalue weighted by molar-refractivity contribution is -0.342. The van der Waals surface area contributed by atoms with Gasteiger partial charge in [-0.3, -0.25) is 4.79 Å². The summed E-state index contributed by atoms with van der Waals surface area (Å²) in [5.74, 6) is -0.428. The normalized spacial score (nSPS) is 34.4. The first-order chi connectivity index (χ1) is 18.1. The number of hydrogen-bond acceptors (Lipinski definition) is 13. The molecule has 0 saturated carbocycles. The topological polar surface area (TPSA) is 263 Å². The third-order valence-electron chi connectivity index (χ3n) is 6.16. The quantitative estimate of drug-likeness (QED) is 0.125. The maximum Gasteiger partial charge on any atom is 0.253 e. The molecule has 2 heterocycles. The van der Waals surface area contributed by atoms with Crippen molar-refractivity contribution in [1.29, 1.82) is 5.26 Å². The lowest BCUT2D eigenvalue weighted by atomic mass is 9.96. The zero-order valence-electron chi connectivity index (χ0n) is 20.5. The second-order valence-corrected chi connectivity index (χ2v) is 9.19. The Balaban J connectivity index is 0.00000533. The minimum atomic E-state index is -1.79. The first kappa shape index (κ1) is 33.0. The highest BCUT2D eigenvalue weighted by Crippen LogP contribution is 2.29. The van der Waals surface area contributed by atoms with E-state index in [9.17, 15) is 40.5 Å². The molecule has 2 aliphatic rings. The highest BCUT2D eigenvalue weighted by molar-refractivity contribution is 6.32. The Bertz CT molecular complexity index is 978. The number of carbonyl (C=O) groups excluding carboxylic acids is 1. The van der Waals surface area contributed by atoms with Crippen LogP contribution in [0.4, 0.5) is 0 Å². The Morgan fingerprint density at radius 3 is 2.31 bits per heavy atom. The van der Waals surface area contributed by atoms with E-state index in [1.165, 1.54) is 18.2 Å². The minimum Gasteiger partial charge on any atom is -0.492 e. The predicted molar refractivity (Wildman–Crippen MR) is 129 cm³/mol. The van der Waals surface area contributed by atoms with Crippen molar-refractivity contribution in [3.8, 4) is 11.8 Å². The summed E-state index contributed by atoms with van der Waals surface area (Å²) in [5, 5.41) is 81.5. The Morgan fingerprint density at radius 1 is 1.00 bits per heavy atom. The van der Waals surface area contributed by atoms with Crippen LogP contribution in [0.25, 0.3) is 0 Å². The monoisotopic (exact) mass is 580 g/mol. The van der Waals surface area contributed by atoms with Crippen molar-refractivity contribution in [3.05, 3.63) is 28.8 Å². The lowest BCUT2D eigenvalue weighted by Gasteiger charge is -2.46. The van der Waals surface area contributed by atoms with Crippen LogP contribution >= 0.6 is 11.6 Å². The van der Waals surface area contributed by atoms with Gasteiger partial charge < -0.3 is 65.5 Å². The van der Waals surface area contributed by atoms with Gasteiger partial charge in [0, 0.05) is 12.0 Å². The fourth-order valence-electron chi connectivity index (χ4n) is 4.01. The van der Waals surface area contributed by atoms with Crippen molar-refractivity contribution in [2.45, 2.75) is 74.2 Å². The average Bonchev–Trinajstić information content (AvgIpc) is 2.91. The van der Waals surface area contributed by atoms with E-state index in [2.05, 4.69) is 5.32 Å². The summed E-state index contributed by atoms with van der Waals surface area (Å²) in [6.07, 6.45) is -15.2. The number of nitriles is 1. The molecular formula is C23H33ClN2O13. The molecular weight excluding hydrogens is 548 g/mol. The third kappa shape index (κ3) is 7.73. The van der Waals surface area contributed by atoms with Gasteiger partial charge in [0.25, 0.3) is 5.91 Å². The van der Waals surface area contributed by atoms with E-state index in [0.717, 1.165) is 0 Å². The zero-order chi connectivity index (χ0) is 28.0. The molecule has 0 bridgehead atoms. The molecule has 2 saturated heterocycles. The number of carbonyl (C=O) groups is 1. The summed E-state index contributed by atoms with van der Waals surface area (Å²) < 4.78 is 21.7. The van der Waals surface area contributed by atoms with E-state index in [-0.39, 0.29) is 22.7 Å². The molecule has 0 aromatic heterocycles. The van der Waals surface area contributed by atoms with Gasteiger partial charge >= 0.3 is 0 Å². The Labute approximate surface area is 228 Å². The van der Waals surface area contributed by atoms with Crippen LogP contribution in [0.5, 0.6) is 5.75 Å². The molecule has 15 nitrogen and oxygen atoms in total. The molecule has 0 radical (unpaired) electrons. The third-order valence-corrected chi connectivity index (χ3v) is 6.46. The van der Waals surface area contributed by atoms with E-state index in [4.69, 9.17) is 35.8 Å². The van der Waals surface area contributed by atoms with Crippen LogP contribution in [-0.4, -0.2) is 128 Å². The standard InChI is InChI=1S/C23H31ClN2O12.H2O/c24-11-7-10(3-4-12(11)35-6-2-1-5-25)21(34)26-22-18(32)17(31)20(14(9-28)36-22)38-23-19(33)16(30)15(29)13(8-27)37-23;/h3-4,7,13-20,22-23,27-33H,1-2,6,8-9H2,(H,26,34);1H2/t13-,14-,15-,16+,17-,18-,19-,20-,22-,23+;/m1./s1. The second-order valence-electron chi connectivity index (χ2n) is 8.79. The molecule has 0 unspecified atom stereocenters. The van der Waals surface area contributed by atoms with Gasteiger partial charge in [-0.25, -0.2) is 0 Å². The molecule has 16 heteroatoms. The van der Waals surface area contributed by atoms with Gasteiger partial charge in [0.05, 0.1) is 30.9 Å². The summed E-state index contributed by atoms with van der Waals surface area (Å²) in [5.41, 5.74) is 0.0740. The van der Waals surface area contributed by atoms with Crippen molar-refractivity contribution in [2.75, 3.05) is 19.8 Å². The van der Waals surface area contributed by atoms with Gasteiger partial charge in [-0.1, -0.05) is 11.6 Å². The van der Waals surface area contributed by atoms with Gasteiger partial charge in [0.2, 0.25) is 0 Å². The smallest absolute Gasteiger partial charge is 0.253 e. The number of rotatable bonds is 10. The number of nitrogens with zero attached hydrogens (tertiary/aromatic N) is 1. The van der Waals surface area contributed by atoms with Crippen molar-refractivity contribution in [3.63, 3.8) is 0 Å². The van der Waals surface area contributed by atoms with Crippen LogP contribution in [0.3, 0.4) is 0 Å². The van der Waals surface area contributed by atoms with Crippen molar-refractivity contribution in [2.24, 2.45) is 0 Å². The number of unbranched alkanes of at least 4 members (excludes halogenated alkanes) is 1. The van der Waals surface area contributed by atoms with Crippen LogP contribution in [-0.2, 0) is 14.2 Å². The number of benzene rings is 1. The zero-order valence-corrected chi connectivity index (χ0v) is 21.3. The summed E-state index contributed by atoms with van der Waals surface area (Å²) >= 11 is 6.17. The SMILES string of the molecule is N#CCCCOc1ccc(C(=O)N[C@@H]2O[C@H](CO)[C@@H](O[C@@H]3O[C@H](CO)[C@@H](O)[C@H](O)[C@H]3O)[C@H](O)[C@H]2O)cc1Cl.O. The van der Waals surface area contributed by atoms with Crippen molar-refractivity contribution >= 4 is 17.5 Å². The molecule has 2 aliphatic heterocycles. The molecule has 2 fully saturated rings. The van der Waals surface area contributed by atoms with Crippen LogP contribution in [0.1, 0.15) is 23.2 Å². The molecule has 3 rings (SSSR count). The fourth-order valence-corrected chi connectivity index (χ4v) is 4.25. The number of halogens is 1. The largest absolute Gasteiger partial charge is 0.492 e. The molecule has 1 amide bonds. The van der Waals surface area contributed by atoms with Gasteiger partial charge in [-0.2, -0.15) is 5.26 Å². The Hall–Kier alpha value is -2.17. The van der Waals surface area contributed by atoms with Crippen molar-refractivity contribution in [1.82, 2.24) is 5.32 Å². The maximum atomic E-state index is 12.8. The number of ether oxygens (including phenoxy) is 4. The van der Waals surface area contributed by atoms with E-state index in [1.807, 2.05) is 6.07 Å². The molecule has 1 aromatic carbocycles. The first-order valence-electron chi connectivity index (χ1n) is 11.8. The van der Waals surface area contributed by atoms with E-state index in [0.29, 0.717) is 18.6 Å². The molecule has 39 heavy (non-hydrogen) atoms. The number of aliphatic hydroxyl groups excluding tert-OH is 7. The summed E-state index contributed by atoms with van der Waals surface area (Å²) in [4.78, 5) is 12.8. The molecule has 0 spiro atoms. The van der Waals surface area contributed by atoms with Crippen LogP contribution in [0.15, 0.2) is 18.2 Å². The minimum absolute atomic E-state index is 0. The molecule has 10 atom stereocenters. The van der Waals surface area contributed by atoms with Crippen molar-refractivity contribution < 1.29 is 65.0 Å². The summed E-state index contributed by atoms with van der Waals surface area (Å²) in [6.45, 7) is -1.21. The highest BCUT2D eigenvalue weighted by Gasteiger charge is 2.50. The van der Waals surface area contributed by atoms with Gasteiger partial charge in [-0.05, 0) is 24.6 Å². The lowest BCUT2D eigenvalue weighted by Crippen LogP contribution is -2.66. The molecule has 0 aliphatic carbocycles. The van der Waals surface area contributed by atoms with Gasteiger partial charge in [0.15, 0.2) is 12.5 Å². The fraction of sp³-hybridized carbons (Fsp3) is 0.652. The highest BCUT2D eigenvalue weighted by atomic mass is 35.5. The van der Waals surface area contributed by atoms with Crippen LogP contribution < -0.4 is 10.1 Å². The van der Waals surface area contributed by atoms with E-state index in [1.54, 1.807) is 0 Å². The number of amides is 1. The van der Waals surface area contributed by atoms with E-state index >= 15 is 0 Å². The number of aliphatic hydroxyl groups is 7. The Kier molecular flexibility index (Phi) is 12.7. The van der Waals surface area contributed by atoms with Gasteiger partial charge in [0.1, 0.15) is 54.6 Å². The van der Waals surface area contributed by atoms with Crippen LogP contribution in [0, 0.1) is 11.3 Å². The van der Waals surface area contributed by atoms with Gasteiger partial charge in [-0.15, -0.1) is 0 Å². The summed E-state index contributed by atoms with van der Waals surface area (Å²) in [7, 11) is 0. The van der Waals surface area contributed by atoms with E-state index < -0.39 is 80.5 Å². The number of hydrogen-bond donors (Lipinski definition) is 8. The molecule has 220 valence electrons. The second kappa shape index (κ2) is 15.0. The van der Waals surface area contributed by atoms with Crippen LogP contribution in [0.2, 0.25) is 5.02 Å². The summed E-state index contributed by atoms with van der Waals surface area (Å²) in [6, 6.07) is 6.17. The number of nitrogens with one attached hydrogen (secondary N) is 1. The molecule has 1 aromatic rings. The average molecular weight is 581 g/mol. The first-order valence-corrected chi connectivity index (χ1v) is 12.2. The molecule has 10 N–H and O–H groups in total. The maximum absolute atomic E-state index is 12.8.